The number of H-pyrrole nitrogens is 1. The largest absolute Gasteiger partial charge is 0.448 e. The summed E-state index contributed by atoms with van der Waals surface area (Å²) in [6.45, 7) is 8.43. The molecule has 0 radical (unpaired) electrons. The van der Waals surface area contributed by atoms with Gasteiger partial charge in [0.2, 0.25) is 5.91 Å². The Morgan fingerprint density at radius 3 is 2.57 bits per heavy atom. The molecule has 9 nitrogen and oxygen atoms in total. The van der Waals surface area contributed by atoms with Crippen LogP contribution in [0.4, 0.5) is 8.78 Å². The van der Waals surface area contributed by atoms with Crippen LogP contribution in [0.15, 0.2) is 41.2 Å². The fourth-order valence-corrected chi connectivity index (χ4v) is 6.42. The van der Waals surface area contributed by atoms with Crippen molar-refractivity contribution in [3.63, 3.8) is 0 Å². The van der Waals surface area contributed by atoms with Gasteiger partial charge in [-0.3, -0.25) is 14.4 Å². The Labute approximate surface area is 241 Å². The summed E-state index contributed by atoms with van der Waals surface area (Å²) in [7, 11) is 0. The molecule has 11 heteroatoms. The molecule has 42 heavy (non-hydrogen) atoms. The molecule has 2 amide bonds. The predicted octanol–water partition coefficient (Wildman–Crippen LogP) is 4.70. The highest BCUT2D eigenvalue weighted by atomic mass is 19.1. The van der Waals surface area contributed by atoms with Gasteiger partial charge in [-0.15, -0.1) is 0 Å². The number of hydrogen-bond acceptors (Lipinski definition) is 6. The number of aryl methyl sites for hydroxylation is 3. The molecule has 3 aromatic rings. The van der Waals surface area contributed by atoms with Crippen molar-refractivity contribution >= 4 is 11.8 Å². The Morgan fingerprint density at radius 1 is 1.17 bits per heavy atom. The molecule has 0 unspecified atom stereocenters. The molecule has 2 N–H and O–H groups in total. The zero-order valence-electron chi connectivity index (χ0n) is 24.0. The van der Waals surface area contributed by atoms with Gasteiger partial charge in [0.1, 0.15) is 11.9 Å². The molecule has 2 aliphatic heterocycles. The molecule has 0 saturated carbocycles. The fourth-order valence-electron chi connectivity index (χ4n) is 6.42. The maximum Gasteiger partial charge on any atom is 0.307 e. The first-order valence-electron chi connectivity index (χ1n) is 13.6. The second kappa shape index (κ2) is 10.4. The van der Waals surface area contributed by atoms with Crippen molar-refractivity contribution in [1.29, 1.82) is 5.26 Å². The van der Waals surface area contributed by atoms with E-state index in [1.54, 1.807) is 44.7 Å². The van der Waals surface area contributed by atoms with Gasteiger partial charge in [0, 0.05) is 23.6 Å². The standard InChI is InChI=1S/C31H31F2N5O4/c1-16-7-6-8-20(32)25(16)31-10-9-24(30(4,5)15-34)38(31)29(41)22(14-31)35-27(39)19-11-17(2)26(21(33)13-19)42-23-12-18(3)36-37-28(23)40/h6-8,11-13,22,24H,9-10,14H2,1-5H3,(H,35,39)(H,37,40)/t22-,24+,31+/m0/s1. The summed E-state index contributed by atoms with van der Waals surface area (Å²) in [5.41, 5.74) is -0.882. The highest BCUT2D eigenvalue weighted by Crippen LogP contribution is 2.54. The van der Waals surface area contributed by atoms with E-state index in [1.165, 1.54) is 25.1 Å². The fraction of sp³-hybridized carbons (Fsp3) is 0.387. The summed E-state index contributed by atoms with van der Waals surface area (Å²) >= 11 is 0. The van der Waals surface area contributed by atoms with Crippen molar-refractivity contribution in [2.45, 2.75) is 71.5 Å². The summed E-state index contributed by atoms with van der Waals surface area (Å²) in [5, 5.41) is 18.6. The van der Waals surface area contributed by atoms with Crippen LogP contribution in [0.2, 0.25) is 0 Å². The Bertz CT molecular complexity index is 1670. The normalized spacial score (nSPS) is 21.7. The summed E-state index contributed by atoms with van der Waals surface area (Å²) in [5.74, 6) is -2.81. The minimum Gasteiger partial charge on any atom is -0.448 e. The van der Waals surface area contributed by atoms with Gasteiger partial charge >= 0.3 is 5.56 Å². The van der Waals surface area contributed by atoms with Crippen molar-refractivity contribution in [1.82, 2.24) is 20.4 Å². The van der Waals surface area contributed by atoms with Crippen molar-refractivity contribution in [3.8, 4) is 17.6 Å². The third-order valence-electron chi connectivity index (χ3n) is 8.40. The van der Waals surface area contributed by atoms with Gasteiger partial charge in [0.05, 0.1) is 28.8 Å². The van der Waals surface area contributed by atoms with Crippen molar-refractivity contribution in [2.75, 3.05) is 0 Å². The molecule has 0 spiro atoms. The Kier molecular flexibility index (Phi) is 7.13. The average molecular weight is 576 g/mol. The molecule has 2 aromatic carbocycles. The van der Waals surface area contributed by atoms with Crippen molar-refractivity contribution < 1.29 is 23.1 Å². The zero-order valence-corrected chi connectivity index (χ0v) is 24.0. The molecule has 2 fully saturated rings. The SMILES string of the molecule is Cc1cc(Oc2c(C)cc(C(=O)N[C@H]3C[C@@]4(c5c(C)cccc5F)CC[C@H](C(C)(C)C#N)N4C3=O)cc2F)c(=O)[nH]n1. The first-order chi connectivity index (χ1) is 19.8. The Morgan fingerprint density at radius 2 is 1.90 bits per heavy atom. The first kappa shape index (κ1) is 28.9. The number of aromatic amines is 1. The number of ether oxygens (including phenoxy) is 1. The number of hydrogen-bond donors (Lipinski definition) is 2. The lowest BCUT2D eigenvalue weighted by Crippen LogP contribution is -2.50. The van der Waals surface area contributed by atoms with Crippen LogP contribution in [0.3, 0.4) is 0 Å². The summed E-state index contributed by atoms with van der Waals surface area (Å²) < 4.78 is 36.1. The number of amides is 2. The van der Waals surface area contributed by atoms with E-state index < -0.39 is 52.0 Å². The van der Waals surface area contributed by atoms with Gasteiger partial charge in [-0.2, -0.15) is 10.4 Å². The number of fused-ring (bicyclic) bond motifs is 1. The van der Waals surface area contributed by atoms with Crippen LogP contribution in [0, 0.1) is 49.2 Å². The number of halogens is 2. The van der Waals surface area contributed by atoms with Crippen LogP contribution in [-0.2, 0) is 10.3 Å². The van der Waals surface area contributed by atoms with E-state index >= 15 is 8.78 Å². The quantitative estimate of drug-likeness (QED) is 0.438. The second-order valence-electron chi connectivity index (χ2n) is 11.7. The maximum absolute atomic E-state index is 15.4. The molecule has 5 rings (SSSR count). The van der Waals surface area contributed by atoms with Crippen LogP contribution in [0.1, 0.15) is 65.9 Å². The summed E-state index contributed by atoms with van der Waals surface area (Å²) in [6.07, 6.45) is 1.03. The zero-order chi connectivity index (χ0) is 30.6. The number of nitrogens with zero attached hydrogens (tertiary/aromatic N) is 3. The van der Waals surface area contributed by atoms with Crippen LogP contribution in [0.5, 0.6) is 11.5 Å². The third-order valence-corrected chi connectivity index (χ3v) is 8.40. The van der Waals surface area contributed by atoms with E-state index in [0.717, 1.165) is 6.07 Å². The second-order valence-corrected chi connectivity index (χ2v) is 11.7. The molecule has 1 aromatic heterocycles. The van der Waals surface area contributed by atoms with Gasteiger partial charge in [-0.1, -0.05) is 12.1 Å². The molecule has 3 heterocycles. The van der Waals surface area contributed by atoms with Crippen molar-refractivity contribution in [2.24, 2.45) is 5.41 Å². The van der Waals surface area contributed by atoms with Gasteiger partial charge in [-0.05, 0) is 76.8 Å². The lowest BCUT2D eigenvalue weighted by Gasteiger charge is -2.40. The highest BCUT2D eigenvalue weighted by molar-refractivity contribution is 5.99. The molecule has 0 bridgehead atoms. The Balaban J connectivity index is 1.46. The van der Waals surface area contributed by atoms with E-state index in [4.69, 9.17) is 4.74 Å². The molecule has 2 aliphatic rings. The molecular formula is C31H31F2N5O4. The number of aromatic nitrogens is 2. The molecular weight excluding hydrogens is 544 g/mol. The summed E-state index contributed by atoms with van der Waals surface area (Å²) in [6, 6.07) is 9.24. The van der Waals surface area contributed by atoms with Gasteiger partial charge in [0.15, 0.2) is 17.3 Å². The van der Waals surface area contributed by atoms with Crippen LogP contribution in [-0.4, -0.2) is 39.0 Å². The number of nitrogens with one attached hydrogen (secondary N) is 2. The number of carbonyl (C=O) groups excluding carboxylic acids is 2. The maximum atomic E-state index is 15.4. The average Bonchev–Trinajstić information content (AvgIpc) is 3.43. The van der Waals surface area contributed by atoms with E-state index in [9.17, 15) is 19.6 Å². The number of nitriles is 1. The van der Waals surface area contributed by atoms with Gasteiger partial charge in [-0.25, -0.2) is 13.9 Å². The van der Waals surface area contributed by atoms with Crippen LogP contribution in [0.25, 0.3) is 0 Å². The lowest BCUT2D eigenvalue weighted by atomic mass is 9.81. The summed E-state index contributed by atoms with van der Waals surface area (Å²) in [4.78, 5) is 40.9. The molecule has 3 atom stereocenters. The van der Waals surface area contributed by atoms with E-state index in [1.807, 2.05) is 0 Å². The van der Waals surface area contributed by atoms with E-state index in [2.05, 4.69) is 21.6 Å². The highest BCUT2D eigenvalue weighted by Gasteiger charge is 2.62. The van der Waals surface area contributed by atoms with E-state index in [0.29, 0.717) is 29.7 Å². The third kappa shape index (κ3) is 4.70. The predicted molar refractivity (Wildman–Crippen MR) is 149 cm³/mol. The van der Waals surface area contributed by atoms with Crippen LogP contribution >= 0.6 is 0 Å². The molecule has 2 saturated heterocycles. The monoisotopic (exact) mass is 575 g/mol. The smallest absolute Gasteiger partial charge is 0.307 e. The van der Waals surface area contributed by atoms with Crippen LogP contribution < -0.4 is 15.6 Å². The topological polar surface area (TPSA) is 128 Å². The number of benzene rings is 2. The Hall–Kier alpha value is -4.59. The minimum atomic E-state index is -1.04. The van der Waals surface area contributed by atoms with E-state index in [-0.39, 0.29) is 29.0 Å². The first-order valence-corrected chi connectivity index (χ1v) is 13.6. The molecule has 0 aliphatic carbocycles. The molecule has 218 valence electrons. The number of carbonyl (C=O) groups is 2. The lowest BCUT2D eigenvalue weighted by molar-refractivity contribution is -0.135. The van der Waals surface area contributed by atoms with Gasteiger partial charge < -0.3 is 15.0 Å². The van der Waals surface area contributed by atoms with Gasteiger partial charge in [0.25, 0.3) is 5.91 Å². The minimum absolute atomic E-state index is 0.0537. The van der Waals surface area contributed by atoms with Crippen molar-refractivity contribution in [3.05, 3.63) is 86.3 Å². The number of rotatable bonds is 6.